The average molecular weight is 315 g/mol. The van der Waals surface area contributed by atoms with E-state index in [1.54, 1.807) is 13.0 Å². The smallest absolute Gasteiger partial charge is 0.400 e. The number of furan rings is 1. The summed E-state index contributed by atoms with van der Waals surface area (Å²) in [5.41, 5.74) is 4.35. The Hall–Kier alpha value is -3.25. The average Bonchev–Trinajstić information content (AvgIpc) is 2.96. The maximum Gasteiger partial charge on any atom is 0.433 e. The van der Waals surface area contributed by atoms with E-state index in [0.29, 0.717) is 16.8 Å². The Bertz CT molecular complexity index is 791. The van der Waals surface area contributed by atoms with E-state index in [1.807, 2.05) is 0 Å². The molecule has 0 saturated carbocycles. The number of nitrogens with one attached hydrogen (secondary N) is 1. The Kier molecular flexibility index (Phi) is 5.01. The molecule has 0 atom stereocenters. The predicted molar refractivity (Wildman–Crippen MR) is 81.0 cm³/mol. The Morgan fingerprint density at radius 1 is 1.61 bits per heavy atom. The number of rotatable bonds is 6. The normalized spacial score (nSPS) is 10.7. The first-order valence-corrected chi connectivity index (χ1v) is 6.48. The van der Waals surface area contributed by atoms with Crippen molar-refractivity contribution in [3.05, 3.63) is 50.9 Å². The van der Waals surface area contributed by atoms with Gasteiger partial charge in [0.15, 0.2) is 11.6 Å². The summed E-state index contributed by atoms with van der Waals surface area (Å²) in [5, 5.41) is 23.7. The second-order valence-electron chi connectivity index (χ2n) is 4.49. The van der Waals surface area contributed by atoms with Gasteiger partial charge in [0.05, 0.1) is 18.9 Å². The summed E-state index contributed by atoms with van der Waals surface area (Å²) in [7, 11) is 1.53. The molecular weight excluding hydrogens is 302 g/mol. The van der Waals surface area contributed by atoms with Crippen LogP contribution in [0.5, 0.6) is 0 Å². The number of hydrogen-bond donors (Lipinski definition) is 1. The molecule has 0 aliphatic carbocycles. The number of nitriles is 1. The second-order valence-corrected chi connectivity index (χ2v) is 4.49. The number of methoxy groups -OCH3 is 1. The largest absolute Gasteiger partial charge is 0.433 e. The van der Waals surface area contributed by atoms with Crippen molar-refractivity contribution in [2.24, 2.45) is 5.10 Å². The third kappa shape index (κ3) is 3.90. The zero-order valence-electron chi connectivity index (χ0n) is 12.4. The number of nitrogens with zero attached hydrogens (tertiary/aromatic N) is 4. The fraction of sp³-hybridized carbons (Fsp3) is 0.214. The van der Waals surface area contributed by atoms with Gasteiger partial charge in [-0.1, -0.05) is 0 Å². The number of nitro groups is 1. The summed E-state index contributed by atoms with van der Waals surface area (Å²) in [6.07, 6.45) is 1.26. The Labute approximate surface area is 131 Å². The van der Waals surface area contributed by atoms with E-state index in [4.69, 9.17) is 9.15 Å². The predicted octanol–water partition coefficient (Wildman–Crippen LogP) is 2.36. The topological polar surface area (TPSA) is 127 Å². The summed E-state index contributed by atoms with van der Waals surface area (Å²) in [6.45, 7) is 2.06. The number of ether oxygens (including phenoxy) is 1. The van der Waals surface area contributed by atoms with Crippen molar-refractivity contribution in [2.75, 3.05) is 12.5 Å². The van der Waals surface area contributed by atoms with Gasteiger partial charge in [0.25, 0.3) is 0 Å². The summed E-state index contributed by atoms with van der Waals surface area (Å²) in [4.78, 5) is 14.1. The fourth-order valence-corrected chi connectivity index (χ4v) is 1.88. The maximum atomic E-state index is 10.5. The quantitative estimate of drug-likeness (QED) is 0.492. The van der Waals surface area contributed by atoms with Gasteiger partial charge in [-0.15, -0.1) is 0 Å². The third-order valence-electron chi connectivity index (χ3n) is 2.80. The van der Waals surface area contributed by atoms with Crippen LogP contribution in [0.15, 0.2) is 27.7 Å². The van der Waals surface area contributed by atoms with Gasteiger partial charge in [0.1, 0.15) is 16.6 Å². The molecule has 0 saturated heterocycles. The zero-order valence-corrected chi connectivity index (χ0v) is 12.4. The maximum absolute atomic E-state index is 10.5. The Morgan fingerprint density at radius 3 is 3.00 bits per heavy atom. The van der Waals surface area contributed by atoms with E-state index in [0.717, 1.165) is 0 Å². The van der Waals surface area contributed by atoms with Gasteiger partial charge in [-0.05, 0) is 19.1 Å². The lowest BCUT2D eigenvalue weighted by molar-refractivity contribution is -0.402. The third-order valence-corrected chi connectivity index (χ3v) is 2.80. The number of aromatic nitrogens is 1. The molecular formula is C14H13N5O4. The molecule has 9 heteroatoms. The van der Waals surface area contributed by atoms with Crippen molar-refractivity contribution in [3.8, 4) is 6.07 Å². The molecule has 2 aromatic rings. The lowest BCUT2D eigenvalue weighted by atomic mass is 10.1. The first-order chi connectivity index (χ1) is 11.0. The minimum Gasteiger partial charge on any atom is -0.400 e. The highest BCUT2D eigenvalue weighted by molar-refractivity contribution is 5.77. The van der Waals surface area contributed by atoms with Crippen LogP contribution in [0.4, 0.5) is 11.7 Å². The molecule has 2 rings (SSSR count). The van der Waals surface area contributed by atoms with Crippen molar-refractivity contribution in [1.29, 1.82) is 5.26 Å². The van der Waals surface area contributed by atoms with Crippen molar-refractivity contribution >= 4 is 17.9 Å². The van der Waals surface area contributed by atoms with Gasteiger partial charge < -0.3 is 9.15 Å². The van der Waals surface area contributed by atoms with Crippen molar-refractivity contribution in [3.63, 3.8) is 0 Å². The number of aryl methyl sites for hydroxylation is 1. The van der Waals surface area contributed by atoms with Crippen LogP contribution in [0.3, 0.4) is 0 Å². The van der Waals surface area contributed by atoms with Gasteiger partial charge in [-0.3, -0.25) is 15.5 Å². The molecule has 23 heavy (non-hydrogen) atoms. The van der Waals surface area contributed by atoms with Crippen molar-refractivity contribution < 1.29 is 14.1 Å². The molecule has 0 radical (unpaired) electrons. The highest BCUT2D eigenvalue weighted by Gasteiger charge is 2.12. The minimum atomic E-state index is -0.641. The van der Waals surface area contributed by atoms with Gasteiger partial charge in [-0.2, -0.15) is 10.4 Å². The minimum absolute atomic E-state index is 0.201. The molecule has 0 unspecified atom stereocenters. The van der Waals surface area contributed by atoms with Crippen molar-refractivity contribution in [1.82, 2.24) is 4.98 Å². The van der Waals surface area contributed by atoms with E-state index in [-0.39, 0.29) is 24.1 Å². The number of hydrazone groups is 1. The first kappa shape index (κ1) is 16.1. The molecule has 0 aliphatic rings. The SMILES string of the molecule is COCc1cc(C)nc(NN=Cc2ccc([N+](=O)[O-])o2)c1C#N. The number of pyridine rings is 1. The molecule has 9 nitrogen and oxygen atoms in total. The van der Waals surface area contributed by atoms with Crippen LogP contribution >= 0.6 is 0 Å². The van der Waals surface area contributed by atoms with E-state index < -0.39 is 4.92 Å². The fourth-order valence-electron chi connectivity index (χ4n) is 1.88. The van der Waals surface area contributed by atoms with Gasteiger partial charge in [-0.25, -0.2) is 4.98 Å². The zero-order chi connectivity index (χ0) is 16.8. The van der Waals surface area contributed by atoms with Crippen LogP contribution in [-0.4, -0.2) is 23.2 Å². The molecule has 0 bridgehead atoms. The van der Waals surface area contributed by atoms with Gasteiger partial charge in [0.2, 0.25) is 0 Å². The highest BCUT2D eigenvalue weighted by Crippen LogP contribution is 2.19. The number of hydrogen-bond acceptors (Lipinski definition) is 8. The van der Waals surface area contributed by atoms with Crippen LogP contribution in [0.1, 0.15) is 22.6 Å². The summed E-state index contributed by atoms with van der Waals surface area (Å²) < 4.78 is 9.99. The van der Waals surface area contributed by atoms with Crippen molar-refractivity contribution in [2.45, 2.75) is 13.5 Å². The van der Waals surface area contributed by atoms with Crippen LogP contribution in [-0.2, 0) is 11.3 Å². The molecule has 0 amide bonds. The summed E-state index contributed by atoms with van der Waals surface area (Å²) in [6, 6.07) is 6.45. The number of anilines is 1. The van der Waals surface area contributed by atoms with Gasteiger partial charge in [0, 0.05) is 18.4 Å². The van der Waals surface area contributed by atoms with E-state index in [2.05, 4.69) is 21.6 Å². The van der Waals surface area contributed by atoms with Crippen LogP contribution in [0, 0.1) is 28.4 Å². The van der Waals surface area contributed by atoms with Crippen LogP contribution in [0.25, 0.3) is 0 Å². The summed E-state index contributed by atoms with van der Waals surface area (Å²) in [5.74, 6) is 0.101. The molecule has 2 heterocycles. The molecule has 2 aromatic heterocycles. The lowest BCUT2D eigenvalue weighted by Gasteiger charge is -2.08. The Morgan fingerprint density at radius 2 is 2.39 bits per heavy atom. The molecule has 0 fully saturated rings. The van der Waals surface area contributed by atoms with Crippen LogP contribution in [0.2, 0.25) is 0 Å². The van der Waals surface area contributed by atoms with Crippen LogP contribution < -0.4 is 5.43 Å². The standard InChI is InChI=1S/C14H13N5O4/c1-9-5-10(8-22-2)12(6-15)14(17-9)18-16-7-11-3-4-13(23-11)19(20)21/h3-5,7H,8H2,1-2H3,(H,17,18). The Balaban J connectivity index is 2.20. The van der Waals surface area contributed by atoms with E-state index in [1.165, 1.54) is 25.5 Å². The molecule has 0 aliphatic heterocycles. The monoisotopic (exact) mass is 315 g/mol. The molecule has 0 spiro atoms. The lowest BCUT2D eigenvalue weighted by Crippen LogP contribution is -2.03. The summed E-state index contributed by atoms with van der Waals surface area (Å²) >= 11 is 0. The molecule has 0 aromatic carbocycles. The van der Waals surface area contributed by atoms with E-state index >= 15 is 0 Å². The first-order valence-electron chi connectivity index (χ1n) is 6.48. The molecule has 118 valence electrons. The second kappa shape index (κ2) is 7.15. The highest BCUT2D eigenvalue weighted by atomic mass is 16.6. The molecule has 1 N–H and O–H groups in total. The van der Waals surface area contributed by atoms with Gasteiger partial charge >= 0.3 is 5.88 Å². The van der Waals surface area contributed by atoms with E-state index in [9.17, 15) is 15.4 Å².